The van der Waals surface area contributed by atoms with Crippen molar-refractivity contribution in [2.75, 3.05) is 25.2 Å². The summed E-state index contributed by atoms with van der Waals surface area (Å²) in [6.45, 7) is 4.08. The van der Waals surface area contributed by atoms with Gasteiger partial charge in [0.25, 0.3) is 0 Å². The fraction of sp³-hybridized carbons (Fsp3) is 0.222. The number of pyridine rings is 1. The molecular weight excluding hydrogens is 522 g/mol. The van der Waals surface area contributed by atoms with E-state index in [1.807, 2.05) is 32.0 Å². The monoisotopic (exact) mass is 545 g/mol. The highest BCUT2D eigenvalue weighted by Gasteiger charge is 2.30. The van der Waals surface area contributed by atoms with Crippen LogP contribution in [0.2, 0.25) is 0 Å². The molecule has 0 spiro atoms. The van der Waals surface area contributed by atoms with Crippen LogP contribution in [0.5, 0.6) is 23.3 Å². The van der Waals surface area contributed by atoms with Crippen molar-refractivity contribution in [2.24, 2.45) is 0 Å². The van der Waals surface area contributed by atoms with Crippen molar-refractivity contribution >= 4 is 44.4 Å². The van der Waals surface area contributed by atoms with Crippen LogP contribution in [0.3, 0.4) is 0 Å². The lowest BCUT2D eigenvalue weighted by molar-refractivity contribution is 0.0961. The molecule has 0 fully saturated rings. The van der Waals surface area contributed by atoms with E-state index in [-0.39, 0.29) is 24.7 Å². The summed E-state index contributed by atoms with van der Waals surface area (Å²) in [5.41, 5.74) is 5.30. The number of aromatic nitrogens is 4. The number of hydrogen-bond acceptors (Lipinski definition) is 10. The van der Waals surface area contributed by atoms with Gasteiger partial charge >= 0.3 is 6.09 Å². The molecule has 0 bridgehead atoms. The highest BCUT2D eigenvalue weighted by Crippen LogP contribution is 2.46. The SMILES string of the molecule is COc1cnc2c(-c3nc4c(C)cc5c(c4s3)OCC(CN(C(=O)O)c3ccnc(O)c3)O5)cc(C)cc2n1. The van der Waals surface area contributed by atoms with Crippen molar-refractivity contribution < 1.29 is 29.2 Å². The van der Waals surface area contributed by atoms with E-state index in [2.05, 4.69) is 15.0 Å². The van der Waals surface area contributed by atoms with Crippen molar-refractivity contribution in [2.45, 2.75) is 20.0 Å². The van der Waals surface area contributed by atoms with Gasteiger partial charge in [-0.05, 0) is 49.2 Å². The van der Waals surface area contributed by atoms with E-state index in [0.717, 1.165) is 47.8 Å². The Morgan fingerprint density at radius 2 is 2.03 bits per heavy atom. The number of aromatic hydroxyl groups is 1. The number of rotatable bonds is 5. The second-order valence-corrected chi connectivity index (χ2v) is 10.1. The number of fused-ring (bicyclic) bond motifs is 4. The third-order valence-corrected chi connectivity index (χ3v) is 7.44. The maximum absolute atomic E-state index is 12.0. The molecule has 0 aliphatic carbocycles. The molecule has 1 unspecified atom stereocenters. The van der Waals surface area contributed by atoms with E-state index in [9.17, 15) is 15.0 Å². The van der Waals surface area contributed by atoms with Gasteiger partial charge in [0.05, 0.1) is 42.1 Å². The maximum Gasteiger partial charge on any atom is 0.411 e. The standard InChI is InChI=1S/C27H23N5O6S/c1-13-6-17(23-18(7-13)30-21(36-3)10-29-23)26-31-22-14(2)8-19-24(25(22)39-26)37-12-16(38-19)11-32(27(34)35)15-4-5-28-20(33)9-15/h4-10,16H,11-12H2,1-3H3,(H,28,33)(H,34,35). The van der Waals surface area contributed by atoms with Crippen LogP contribution < -0.4 is 19.1 Å². The molecule has 1 aliphatic rings. The number of benzene rings is 2. The van der Waals surface area contributed by atoms with Gasteiger partial charge in [-0.2, -0.15) is 0 Å². The molecule has 5 aromatic rings. The van der Waals surface area contributed by atoms with Crippen molar-refractivity contribution in [1.29, 1.82) is 0 Å². The van der Waals surface area contributed by atoms with Crippen molar-refractivity contribution in [1.82, 2.24) is 19.9 Å². The van der Waals surface area contributed by atoms with Gasteiger partial charge < -0.3 is 24.4 Å². The van der Waals surface area contributed by atoms with E-state index in [1.165, 1.54) is 29.7 Å². The van der Waals surface area contributed by atoms with Crippen LogP contribution in [0.4, 0.5) is 10.5 Å². The second-order valence-electron chi connectivity index (χ2n) is 9.13. The van der Waals surface area contributed by atoms with Gasteiger partial charge in [0.15, 0.2) is 17.6 Å². The Labute approximate surface area is 226 Å². The zero-order valence-corrected chi connectivity index (χ0v) is 22.0. The summed E-state index contributed by atoms with van der Waals surface area (Å²) < 4.78 is 18.5. The average Bonchev–Trinajstić information content (AvgIpc) is 3.37. The molecule has 1 amide bonds. The first-order valence-corrected chi connectivity index (χ1v) is 12.8. The van der Waals surface area contributed by atoms with Gasteiger partial charge in [-0.15, -0.1) is 11.3 Å². The van der Waals surface area contributed by atoms with E-state index in [4.69, 9.17) is 19.2 Å². The molecular formula is C27H23N5O6S. The molecule has 1 atom stereocenters. The summed E-state index contributed by atoms with van der Waals surface area (Å²) in [6.07, 6.45) is 1.18. The highest BCUT2D eigenvalue weighted by molar-refractivity contribution is 7.22. The van der Waals surface area contributed by atoms with Crippen LogP contribution in [0.15, 0.2) is 42.7 Å². The largest absolute Gasteiger partial charge is 0.493 e. The van der Waals surface area contributed by atoms with Crippen LogP contribution in [0.25, 0.3) is 31.8 Å². The van der Waals surface area contributed by atoms with Gasteiger partial charge in [-0.3, -0.25) is 4.90 Å². The van der Waals surface area contributed by atoms with E-state index in [1.54, 1.807) is 13.3 Å². The number of carbonyl (C=O) groups is 1. The minimum atomic E-state index is -1.18. The molecule has 2 N–H and O–H groups in total. The van der Waals surface area contributed by atoms with E-state index >= 15 is 0 Å². The first-order chi connectivity index (χ1) is 18.8. The van der Waals surface area contributed by atoms with Gasteiger partial charge in [-0.25, -0.2) is 24.7 Å². The zero-order valence-electron chi connectivity index (χ0n) is 21.2. The molecule has 0 radical (unpaired) electrons. The number of methoxy groups -OCH3 is 1. The molecule has 0 saturated carbocycles. The predicted molar refractivity (Wildman–Crippen MR) is 145 cm³/mol. The summed E-state index contributed by atoms with van der Waals surface area (Å²) in [4.78, 5) is 30.8. The Morgan fingerprint density at radius 3 is 2.79 bits per heavy atom. The molecule has 1 aliphatic heterocycles. The van der Waals surface area contributed by atoms with Crippen LogP contribution in [-0.4, -0.2) is 62.6 Å². The Bertz CT molecular complexity index is 1760. The van der Waals surface area contributed by atoms with Gasteiger partial charge in [0.1, 0.15) is 16.3 Å². The Kier molecular flexibility index (Phi) is 6.03. The van der Waals surface area contributed by atoms with Crippen molar-refractivity contribution in [3.8, 4) is 33.8 Å². The zero-order chi connectivity index (χ0) is 27.3. The minimum absolute atomic E-state index is 0.000660. The Balaban J connectivity index is 1.35. The maximum atomic E-state index is 12.0. The van der Waals surface area contributed by atoms with Crippen molar-refractivity contribution in [3.63, 3.8) is 0 Å². The van der Waals surface area contributed by atoms with Crippen LogP contribution in [0.1, 0.15) is 11.1 Å². The molecule has 198 valence electrons. The molecule has 0 saturated heterocycles. The van der Waals surface area contributed by atoms with Gasteiger partial charge in [0.2, 0.25) is 11.8 Å². The molecule has 4 heterocycles. The third kappa shape index (κ3) is 4.48. The lowest BCUT2D eigenvalue weighted by atomic mass is 10.1. The topological polar surface area (TPSA) is 140 Å². The van der Waals surface area contributed by atoms with Crippen LogP contribution in [0, 0.1) is 13.8 Å². The summed E-state index contributed by atoms with van der Waals surface area (Å²) in [6, 6.07) is 8.64. The number of anilines is 1. The number of aryl methyl sites for hydroxylation is 2. The first-order valence-electron chi connectivity index (χ1n) is 12.0. The summed E-state index contributed by atoms with van der Waals surface area (Å²) >= 11 is 1.48. The summed E-state index contributed by atoms with van der Waals surface area (Å²) in [5.74, 6) is 1.27. The molecule has 39 heavy (non-hydrogen) atoms. The predicted octanol–water partition coefficient (Wildman–Crippen LogP) is 4.96. The van der Waals surface area contributed by atoms with E-state index in [0.29, 0.717) is 17.4 Å². The molecule has 6 rings (SSSR count). The number of hydrogen-bond donors (Lipinski definition) is 2. The smallest absolute Gasteiger partial charge is 0.411 e. The number of nitrogens with zero attached hydrogens (tertiary/aromatic N) is 5. The number of carboxylic acid groups (broad SMARTS) is 1. The number of ether oxygens (including phenoxy) is 3. The quantitative estimate of drug-likeness (QED) is 0.311. The fourth-order valence-corrected chi connectivity index (χ4v) is 5.74. The normalized spacial score (nSPS) is 14.5. The van der Waals surface area contributed by atoms with E-state index < -0.39 is 12.2 Å². The second kappa shape index (κ2) is 9.55. The van der Waals surface area contributed by atoms with Crippen LogP contribution >= 0.6 is 11.3 Å². The lowest BCUT2D eigenvalue weighted by Gasteiger charge is -2.30. The average molecular weight is 546 g/mol. The third-order valence-electron chi connectivity index (χ3n) is 6.35. The molecule has 11 nitrogen and oxygen atoms in total. The fourth-order valence-electron chi connectivity index (χ4n) is 4.59. The first kappa shape index (κ1) is 24.6. The minimum Gasteiger partial charge on any atom is -0.493 e. The molecule has 12 heteroatoms. The highest BCUT2D eigenvalue weighted by atomic mass is 32.1. The van der Waals surface area contributed by atoms with Crippen molar-refractivity contribution in [3.05, 3.63) is 53.9 Å². The Morgan fingerprint density at radius 1 is 1.18 bits per heavy atom. The number of thiazole rings is 1. The molecule has 3 aromatic heterocycles. The van der Waals surface area contributed by atoms with Gasteiger partial charge in [-0.1, -0.05) is 0 Å². The summed E-state index contributed by atoms with van der Waals surface area (Å²) in [7, 11) is 1.56. The van der Waals surface area contributed by atoms with Gasteiger partial charge in [0, 0.05) is 17.8 Å². The lowest BCUT2D eigenvalue weighted by Crippen LogP contribution is -2.43. The van der Waals surface area contributed by atoms with Crippen LogP contribution in [-0.2, 0) is 0 Å². The number of amides is 1. The Hall–Kier alpha value is -4.71. The summed E-state index contributed by atoms with van der Waals surface area (Å²) in [5, 5.41) is 20.2. The molecule has 2 aromatic carbocycles.